The summed E-state index contributed by atoms with van der Waals surface area (Å²) in [5, 5.41) is 10.6. The molecule has 1 aliphatic heterocycles. The van der Waals surface area contributed by atoms with Gasteiger partial charge < -0.3 is 9.84 Å². The van der Waals surface area contributed by atoms with Crippen LogP contribution in [-0.2, 0) is 4.74 Å². The average Bonchev–Trinajstić information content (AvgIpc) is 1.59. The van der Waals surface area contributed by atoms with E-state index in [1.165, 1.54) is 12.2 Å². The molecule has 0 unspecified atom stereocenters. The molecule has 0 aliphatic carbocycles. The molecule has 0 atom stereocenters. The van der Waals surface area contributed by atoms with Crippen LogP contribution in [-0.4, -0.2) is 0 Å². The van der Waals surface area contributed by atoms with Crippen LogP contribution in [0.5, 0.6) is 0 Å². The Morgan fingerprint density at radius 3 is 2.50 bits per heavy atom. The maximum absolute atomic E-state index is 10.6. The van der Waals surface area contributed by atoms with E-state index in [9.17, 15) is 5.11 Å². The molecular weight excluding hydrogens is 123 g/mol. The Bertz CT molecular complexity index is 204. The summed E-state index contributed by atoms with van der Waals surface area (Å²) in [4.78, 5) is 0. The molecule has 48 valence electrons. The Hall–Kier alpha value is -0.583. The quantitative estimate of drug-likeness (QED) is 0.345. The summed E-state index contributed by atoms with van der Waals surface area (Å²) in [6.07, 6.45) is 2.78. The van der Waals surface area contributed by atoms with E-state index >= 15 is 0 Å². The topological polar surface area (TPSA) is 32.3 Å². The van der Waals surface area contributed by atoms with E-state index in [4.69, 9.17) is 4.74 Å². The summed E-state index contributed by atoms with van der Waals surface area (Å²) in [6.45, 7) is 5.19. The second kappa shape index (κ2) is 3.55. The maximum atomic E-state index is 10.6. The van der Waals surface area contributed by atoms with Crippen LogP contribution in [0.2, 0.25) is 0 Å². The van der Waals surface area contributed by atoms with Gasteiger partial charge >= 0.3 is 18.9 Å². The van der Waals surface area contributed by atoms with E-state index < -0.39 is 0 Å². The second-order valence-electron chi connectivity index (χ2n) is 1.87. The molecule has 1 rings (SSSR count). The van der Waals surface area contributed by atoms with Gasteiger partial charge in [-0.05, 0) is 19.1 Å². The van der Waals surface area contributed by atoms with E-state index in [1.807, 2.05) is 0 Å². The van der Waals surface area contributed by atoms with Crippen molar-refractivity contribution in [1.82, 2.24) is 0 Å². The van der Waals surface area contributed by atoms with E-state index in [-0.39, 0.29) is 24.6 Å². The van der Waals surface area contributed by atoms with Crippen molar-refractivity contribution in [2.45, 2.75) is 6.92 Å². The first kappa shape index (κ1) is 9.42. The fraction of sp³-hybridized carbons (Fsp3) is 0.143. The molecule has 1 heterocycles. The third-order valence-corrected chi connectivity index (χ3v) is 0.941. The zero-order valence-electron chi connectivity index (χ0n) is 6.18. The van der Waals surface area contributed by atoms with Gasteiger partial charge in [0.2, 0.25) is 0 Å². The van der Waals surface area contributed by atoms with Gasteiger partial charge in [0.05, 0.1) is 0 Å². The monoisotopic (exact) mass is 130 g/mol. The van der Waals surface area contributed by atoms with Gasteiger partial charge in [-0.15, -0.1) is 5.76 Å². The average molecular weight is 130 g/mol. The van der Waals surface area contributed by atoms with Crippen LogP contribution < -0.4 is 24.0 Å². The van der Waals surface area contributed by atoms with Gasteiger partial charge in [-0.1, -0.05) is 6.58 Å². The molecule has 0 saturated carbocycles. The van der Waals surface area contributed by atoms with Gasteiger partial charge in [-0.2, -0.15) is 0 Å². The summed E-state index contributed by atoms with van der Waals surface area (Å²) >= 11 is 0. The Morgan fingerprint density at radius 1 is 1.50 bits per heavy atom. The third-order valence-electron chi connectivity index (χ3n) is 0.941. The molecular formula is C7H7LiO2. The minimum Gasteiger partial charge on any atom is -0.872 e. The summed E-state index contributed by atoms with van der Waals surface area (Å²) in [5.41, 5.74) is 0. The first-order chi connectivity index (χ1) is 4.18. The van der Waals surface area contributed by atoms with E-state index in [0.717, 1.165) is 0 Å². The molecule has 0 saturated heterocycles. The number of hydrogen-bond acceptors (Lipinski definition) is 2. The molecule has 3 heteroatoms. The minimum absolute atomic E-state index is 0. The molecule has 0 aromatic carbocycles. The maximum Gasteiger partial charge on any atom is 1.00 e. The van der Waals surface area contributed by atoms with Crippen molar-refractivity contribution in [3.8, 4) is 0 Å². The predicted octanol–water partition coefficient (Wildman–Crippen LogP) is -2.32. The summed E-state index contributed by atoms with van der Waals surface area (Å²) in [7, 11) is 0. The van der Waals surface area contributed by atoms with E-state index in [1.54, 1.807) is 6.92 Å². The van der Waals surface area contributed by atoms with Crippen LogP contribution in [0, 0.1) is 0 Å². The molecule has 0 bridgehead atoms. The largest absolute Gasteiger partial charge is 1.00 e. The molecule has 10 heavy (non-hydrogen) atoms. The number of allylic oxidation sites excluding steroid dienone is 3. The van der Waals surface area contributed by atoms with Gasteiger partial charge in [-0.25, -0.2) is 0 Å². The van der Waals surface area contributed by atoms with Gasteiger partial charge in [-0.3, -0.25) is 0 Å². The van der Waals surface area contributed by atoms with Crippen molar-refractivity contribution in [3.63, 3.8) is 0 Å². The van der Waals surface area contributed by atoms with E-state index in [0.29, 0.717) is 11.5 Å². The van der Waals surface area contributed by atoms with Crippen LogP contribution in [0.25, 0.3) is 0 Å². The van der Waals surface area contributed by atoms with Crippen LogP contribution in [0.3, 0.4) is 0 Å². The van der Waals surface area contributed by atoms with Gasteiger partial charge in [0.15, 0.2) is 0 Å². The molecule has 0 spiro atoms. The first-order valence-corrected chi connectivity index (χ1v) is 2.62. The molecule has 1 aliphatic rings. The molecule has 0 aromatic heterocycles. The molecule has 0 aromatic rings. The predicted molar refractivity (Wildman–Crippen MR) is 32.1 cm³/mol. The molecule has 0 amide bonds. The van der Waals surface area contributed by atoms with E-state index in [2.05, 4.69) is 6.58 Å². The fourth-order valence-electron chi connectivity index (χ4n) is 0.666. The van der Waals surface area contributed by atoms with Crippen molar-refractivity contribution >= 4 is 0 Å². The van der Waals surface area contributed by atoms with Crippen molar-refractivity contribution in [1.29, 1.82) is 0 Å². The zero-order valence-corrected chi connectivity index (χ0v) is 6.18. The van der Waals surface area contributed by atoms with Gasteiger partial charge in [0.1, 0.15) is 11.5 Å². The van der Waals surface area contributed by atoms with Crippen molar-refractivity contribution in [3.05, 3.63) is 36.0 Å². The smallest absolute Gasteiger partial charge is 0.872 e. The molecule has 0 N–H and O–H groups in total. The van der Waals surface area contributed by atoms with Gasteiger partial charge in [0.25, 0.3) is 0 Å². The summed E-state index contributed by atoms with van der Waals surface area (Å²) in [5.74, 6) is 0.969. The second-order valence-corrected chi connectivity index (χ2v) is 1.87. The van der Waals surface area contributed by atoms with Crippen molar-refractivity contribution in [2.75, 3.05) is 0 Å². The number of hydrogen-bond donors (Lipinski definition) is 0. The molecule has 0 radical (unpaired) electrons. The molecule has 0 fully saturated rings. The standard InChI is InChI=1S/C7H8O2.Li/c1-5-3-7(8)4-6(2)9-5;/h3-4,8H,1H2,2H3;/q;+1/p-1. The van der Waals surface area contributed by atoms with Crippen molar-refractivity contribution in [2.24, 2.45) is 0 Å². The normalized spacial score (nSPS) is 16.3. The third kappa shape index (κ3) is 2.34. The Balaban J connectivity index is 0.000000810. The van der Waals surface area contributed by atoms with Gasteiger partial charge in [0, 0.05) is 0 Å². The van der Waals surface area contributed by atoms with Crippen LogP contribution in [0.1, 0.15) is 6.92 Å². The number of ether oxygens (including phenoxy) is 1. The summed E-state index contributed by atoms with van der Waals surface area (Å²) in [6, 6.07) is 0. The Morgan fingerprint density at radius 2 is 2.10 bits per heavy atom. The van der Waals surface area contributed by atoms with Crippen molar-refractivity contribution < 1.29 is 28.7 Å². The summed E-state index contributed by atoms with van der Waals surface area (Å²) < 4.78 is 4.95. The fourth-order valence-corrected chi connectivity index (χ4v) is 0.666. The SMILES string of the molecule is C=C1C=C([O-])C=C(C)O1.[Li+]. The number of rotatable bonds is 0. The Kier molecular flexibility index (Phi) is 3.35. The zero-order chi connectivity index (χ0) is 6.85. The van der Waals surface area contributed by atoms with Crippen LogP contribution >= 0.6 is 0 Å². The van der Waals surface area contributed by atoms with Crippen LogP contribution in [0.15, 0.2) is 36.0 Å². The Labute approximate surface area is 72.1 Å². The van der Waals surface area contributed by atoms with Crippen LogP contribution in [0.4, 0.5) is 0 Å². The minimum atomic E-state index is -0.0521. The molecule has 2 nitrogen and oxygen atoms in total. The first-order valence-electron chi connectivity index (χ1n) is 2.62.